The number of imidazole rings is 1. The van der Waals surface area contributed by atoms with Crippen LogP contribution in [0.1, 0.15) is 43.5 Å². The van der Waals surface area contributed by atoms with Crippen molar-refractivity contribution in [3.63, 3.8) is 0 Å². The number of carboxylic acid groups (broad SMARTS) is 1. The molecule has 1 aliphatic heterocycles. The minimum atomic E-state index is -0.659. The summed E-state index contributed by atoms with van der Waals surface area (Å²) < 4.78 is 2.20. The van der Waals surface area contributed by atoms with E-state index in [2.05, 4.69) is 27.8 Å². The number of likely N-dealkylation sites (tertiary alicyclic amines) is 1. The van der Waals surface area contributed by atoms with E-state index < -0.39 is 5.97 Å². The van der Waals surface area contributed by atoms with Gasteiger partial charge in [-0.15, -0.1) is 11.3 Å². The van der Waals surface area contributed by atoms with E-state index in [1.807, 2.05) is 0 Å². The molecule has 118 valence electrons. The van der Waals surface area contributed by atoms with Crippen LogP contribution in [0, 0.1) is 11.8 Å². The van der Waals surface area contributed by atoms with Gasteiger partial charge in [-0.05, 0) is 25.2 Å². The summed E-state index contributed by atoms with van der Waals surface area (Å²) >= 11 is 1.67. The van der Waals surface area contributed by atoms with Gasteiger partial charge in [0.05, 0.1) is 17.3 Å². The first-order chi connectivity index (χ1) is 10.6. The monoisotopic (exact) mass is 319 g/mol. The Labute approximate surface area is 133 Å². The number of carboxylic acids is 1. The maximum atomic E-state index is 11.4. The second kappa shape index (κ2) is 5.35. The lowest BCUT2D eigenvalue weighted by Crippen LogP contribution is -2.42. The van der Waals surface area contributed by atoms with E-state index in [1.165, 1.54) is 24.2 Å². The molecule has 0 amide bonds. The van der Waals surface area contributed by atoms with Gasteiger partial charge in [0.15, 0.2) is 4.96 Å². The van der Waals surface area contributed by atoms with E-state index in [-0.39, 0.29) is 5.92 Å². The van der Waals surface area contributed by atoms with Crippen LogP contribution in [0.25, 0.3) is 4.96 Å². The van der Waals surface area contributed by atoms with Crippen molar-refractivity contribution in [1.29, 1.82) is 0 Å². The molecule has 5 nitrogen and oxygen atoms in total. The maximum Gasteiger partial charge on any atom is 0.307 e. The predicted octanol–water partition coefficient (Wildman–Crippen LogP) is 2.82. The lowest BCUT2D eigenvalue weighted by atomic mass is 9.90. The number of hydrogen-bond donors (Lipinski definition) is 1. The van der Waals surface area contributed by atoms with E-state index in [9.17, 15) is 9.90 Å². The number of aromatic nitrogens is 2. The number of thiazole rings is 1. The van der Waals surface area contributed by atoms with E-state index in [0.29, 0.717) is 18.4 Å². The molecule has 22 heavy (non-hydrogen) atoms. The quantitative estimate of drug-likeness (QED) is 0.941. The number of hydrogen-bond acceptors (Lipinski definition) is 4. The van der Waals surface area contributed by atoms with E-state index in [4.69, 9.17) is 4.98 Å². The van der Waals surface area contributed by atoms with Crippen LogP contribution in [0.4, 0.5) is 0 Å². The molecule has 1 saturated carbocycles. The van der Waals surface area contributed by atoms with Gasteiger partial charge in [0.2, 0.25) is 0 Å². The molecule has 2 aliphatic rings. The fraction of sp³-hybridized carbons (Fsp3) is 0.625. The van der Waals surface area contributed by atoms with Crippen molar-refractivity contribution in [3.05, 3.63) is 23.0 Å². The van der Waals surface area contributed by atoms with E-state index >= 15 is 0 Å². The molecule has 1 aliphatic carbocycles. The molecule has 4 rings (SSSR count). The third-order valence-corrected chi connectivity index (χ3v) is 5.57. The molecule has 3 heterocycles. The summed E-state index contributed by atoms with van der Waals surface area (Å²) in [6, 6.07) is 0. The smallest absolute Gasteiger partial charge is 0.307 e. The average molecular weight is 319 g/mol. The van der Waals surface area contributed by atoms with Crippen molar-refractivity contribution in [2.75, 3.05) is 13.1 Å². The Bertz CT molecular complexity index is 703. The van der Waals surface area contributed by atoms with Crippen molar-refractivity contribution in [2.24, 2.45) is 11.8 Å². The second-order valence-electron chi connectivity index (χ2n) is 6.84. The van der Waals surface area contributed by atoms with Crippen LogP contribution in [0.15, 0.2) is 11.6 Å². The second-order valence-corrected chi connectivity index (χ2v) is 7.72. The summed E-state index contributed by atoms with van der Waals surface area (Å²) in [4.78, 5) is 19.5. The van der Waals surface area contributed by atoms with Crippen LogP contribution in [0.2, 0.25) is 0 Å². The minimum Gasteiger partial charge on any atom is -0.481 e. The number of fused-ring (bicyclic) bond motifs is 1. The Morgan fingerprint density at radius 2 is 2.27 bits per heavy atom. The average Bonchev–Trinajstić information content (AvgIpc) is 3.11. The number of aliphatic carboxylic acids is 1. The van der Waals surface area contributed by atoms with Crippen LogP contribution in [0.3, 0.4) is 0 Å². The van der Waals surface area contributed by atoms with Crippen LogP contribution in [-0.2, 0) is 11.3 Å². The maximum absolute atomic E-state index is 11.4. The van der Waals surface area contributed by atoms with Crippen molar-refractivity contribution < 1.29 is 9.90 Å². The standard InChI is InChI=1S/C16H21N3O2S/c1-10-6-12(15(20)21)8-18(7-10)9-13-14(11-2-3-11)17-16-19(13)4-5-22-16/h4-5,10-12H,2-3,6-9H2,1H3,(H,20,21). The molecule has 2 unspecified atom stereocenters. The van der Waals surface area contributed by atoms with Crippen molar-refractivity contribution in [2.45, 2.75) is 38.6 Å². The van der Waals surface area contributed by atoms with Crippen molar-refractivity contribution in [3.8, 4) is 0 Å². The Morgan fingerprint density at radius 3 is 3.00 bits per heavy atom. The van der Waals surface area contributed by atoms with Crippen LogP contribution in [-0.4, -0.2) is 38.4 Å². The van der Waals surface area contributed by atoms with Gasteiger partial charge < -0.3 is 5.11 Å². The van der Waals surface area contributed by atoms with Gasteiger partial charge in [-0.25, -0.2) is 4.98 Å². The zero-order valence-electron chi connectivity index (χ0n) is 12.7. The summed E-state index contributed by atoms with van der Waals surface area (Å²) in [6.45, 7) is 4.60. The molecule has 2 fully saturated rings. The van der Waals surface area contributed by atoms with Gasteiger partial charge in [0, 0.05) is 37.1 Å². The van der Waals surface area contributed by atoms with Gasteiger partial charge in [-0.1, -0.05) is 6.92 Å². The summed E-state index contributed by atoms with van der Waals surface area (Å²) in [7, 11) is 0. The topological polar surface area (TPSA) is 57.8 Å². The SMILES string of the molecule is CC1CC(C(=O)O)CN(Cc2c(C3CC3)nc3sccn23)C1. The molecule has 1 N–H and O–H groups in total. The highest BCUT2D eigenvalue weighted by atomic mass is 32.1. The number of carbonyl (C=O) groups is 1. The summed E-state index contributed by atoms with van der Waals surface area (Å²) in [6.07, 6.45) is 5.37. The molecule has 0 bridgehead atoms. The van der Waals surface area contributed by atoms with Crippen LogP contribution < -0.4 is 0 Å². The number of nitrogens with zero attached hydrogens (tertiary/aromatic N) is 3. The van der Waals surface area contributed by atoms with Gasteiger partial charge in [-0.3, -0.25) is 14.1 Å². The lowest BCUT2D eigenvalue weighted by molar-refractivity contribution is -0.144. The van der Waals surface area contributed by atoms with E-state index in [1.54, 1.807) is 11.3 Å². The highest BCUT2D eigenvalue weighted by Crippen LogP contribution is 2.42. The summed E-state index contributed by atoms with van der Waals surface area (Å²) in [5, 5.41) is 11.4. The summed E-state index contributed by atoms with van der Waals surface area (Å²) in [5.41, 5.74) is 2.52. The number of rotatable bonds is 4. The number of piperidine rings is 1. The third kappa shape index (κ3) is 2.54. The highest BCUT2D eigenvalue weighted by Gasteiger charge is 2.33. The highest BCUT2D eigenvalue weighted by molar-refractivity contribution is 7.15. The lowest BCUT2D eigenvalue weighted by Gasteiger charge is -2.34. The fourth-order valence-corrected chi connectivity index (χ4v) is 4.41. The molecule has 0 spiro atoms. The first kappa shape index (κ1) is 14.2. The largest absolute Gasteiger partial charge is 0.481 e. The molecule has 0 aromatic carbocycles. The van der Waals surface area contributed by atoms with E-state index in [0.717, 1.165) is 24.5 Å². The Morgan fingerprint density at radius 1 is 1.45 bits per heavy atom. The summed E-state index contributed by atoms with van der Waals surface area (Å²) in [5.74, 6) is 0.164. The Kier molecular flexibility index (Phi) is 3.46. The molecule has 0 radical (unpaired) electrons. The molecular formula is C16H21N3O2S. The molecule has 6 heteroatoms. The molecule has 2 aromatic rings. The van der Waals surface area contributed by atoms with Gasteiger partial charge in [0.25, 0.3) is 0 Å². The van der Waals surface area contributed by atoms with Crippen LogP contribution >= 0.6 is 11.3 Å². The predicted molar refractivity (Wildman–Crippen MR) is 85.2 cm³/mol. The Hall–Kier alpha value is -1.40. The zero-order chi connectivity index (χ0) is 15.3. The first-order valence-electron chi connectivity index (χ1n) is 8.01. The normalized spacial score (nSPS) is 26.6. The Balaban J connectivity index is 1.61. The van der Waals surface area contributed by atoms with Crippen molar-refractivity contribution >= 4 is 22.3 Å². The molecular weight excluding hydrogens is 298 g/mol. The first-order valence-corrected chi connectivity index (χ1v) is 8.89. The molecule has 2 atom stereocenters. The van der Waals surface area contributed by atoms with Gasteiger partial charge >= 0.3 is 5.97 Å². The fourth-order valence-electron chi connectivity index (χ4n) is 3.67. The van der Waals surface area contributed by atoms with Gasteiger partial charge in [-0.2, -0.15) is 0 Å². The zero-order valence-corrected chi connectivity index (χ0v) is 13.6. The van der Waals surface area contributed by atoms with Gasteiger partial charge in [0.1, 0.15) is 0 Å². The molecule has 1 saturated heterocycles. The van der Waals surface area contributed by atoms with Crippen molar-refractivity contribution in [1.82, 2.24) is 14.3 Å². The minimum absolute atomic E-state index is 0.237. The van der Waals surface area contributed by atoms with Crippen LogP contribution in [0.5, 0.6) is 0 Å². The third-order valence-electron chi connectivity index (χ3n) is 4.81. The molecule has 2 aromatic heterocycles.